The Kier molecular flexibility index (Phi) is 27.5. The molecule has 117 heavy (non-hydrogen) atoms. The molecule has 0 amide bonds. The van der Waals surface area contributed by atoms with Crippen LogP contribution in [0.4, 0.5) is 0 Å². The van der Waals surface area contributed by atoms with Crippen molar-refractivity contribution in [3.05, 3.63) is 46.6 Å². The van der Waals surface area contributed by atoms with E-state index in [2.05, 4.69) is 86.0 Å². The van der Waals surface area contributed by atoms with E-state index >= 15 is 0 Å². The fourth-order valence-electron chi connectivity index (χ4n) is 31.7. The molecule has 16 aliphatic carbocycles. The molecule has 0 heterocycles. The van der Waals surface area contributed by atoms with Gasteiger partial charge in [-0.3, -0.25) is 38.4 Å². The highest BCUT2D eigenvalue weighted by atomic mass is 16.5. The molecule has 0 aliphatic heterocycles. The lowest BCUT2D eigenvalue weighted by atomic mass is 9.45. The van der Waals surface area contributed by atoms with Gasteiger partial charge in [-0.05, 0) is 332 Å². The summed E-state index contributed by atoms with van der Waals surface area (Å²) < 4.78 is 20.8. The number of ketones is 4. The third-order valence-electron chi connectivity index (χ3n) is 36.8. The molecule has 0 radical (unpaired) electrons. The minimum atomic E-state index is -0.768. The van der Waals surface area contributed by atoms with Gasteiger partial charge in [0.1, 0.15) is 5.41 Å². The Hall–Kier alpha value is -7.48. The third kappa shape index (κ3) is 15.0. The number of allylic oxidation sites excluding steroid dienone is 4. The van der Waals surface area contributed by atoms with Crippen molar-refractivity contribution in [1.29, 1.82) is 0 Å². The summed E-state index contributed by atoms with van der Waals surface area (Å²) in [4.78, 5) is 131. The standard InChI is InChI=1S/C27H38O3.C25H34O3.C24H32O3.C23H30O3.2CO2/c1-6-22(25(29)30-8-3)27(7-2)14-12-23-24-17(4)15-18-16-19(28)9-10-20(18)21(24)11-13-26(23,27)5;1-6-25(16(3)23(27)28-5)12-10-21-22-15(2)13-17-14-18(26)7-8-19(17)20(22)9-11-24(21,25)4;1-5-24(14-21(26)27-4)11-9-20-22-15(2)12-16-13-17(25)6-7-18(16)19(22)8-10-23(20,24)3;1-5-23(21(25)26-4)11-9-19-20-14(2)12-15-13-16(24)6-7-17(15)18(20)8-10-22(19,23)3;2*2-1-3/h2,16-17,20-24H,6,8-15H2,1,3-5H3;1,14-16,19-22H,7-13H2,2-5H3;1,13,15,18-20,22H,6-12,14H2,2-4H3;1,13-14,17-20H,6-12H2,2-4H3;;/t17-,20?,21?,22?,23?,24?,26+,27+;15-,16?,19?,20?,21?,22?,24+,25+;15-,18?,19?,20?,22?,23+,24+;14-,17?,18?,19?,20?,22+,23+;;/m1111../s1. The summed E-state index contributed by atoms with van der Waals surface area (Å²) >= 11 is 0. The zero-order valence-electron chi connectivity index (χ0n) is 72.8. The fourth-order valence-corrected chi connectivity index (χ4v) is 31.7. The largest absolute Gasteiger partial charge is 0.469 e. The van der Waals surface area contributed by atoms with Crippen LogP contribution in [0.15, 0.2) is 46.6 Å². The number of ether oxygens (including phenoxy) is 4. The van der Waals surface area contributed by atoms with Crippen LogP contribution in [0.1, 0.15) is 269 Å². The summed E-state index contributed by atoms with van der Waals surface area (Å²) in [5.41, 5.74) is 3.51. The molecule has 0 N–H and O–H groups in total. The predicted molar refractivity (Wildman–Crippen MR) is 442 cm³/mol. The second-order valence-electron chi connectivity index (χ2n) is 40.3. The Morgan fingerprint density at radius 1 is 0.427 bits per heavy atom. The molecule has 0 aromatic rings. The average Bonchev–Trinajstić information content (AvgIpc) is 1.60. The van der Waals surface area contributed by atoms with E-state index in [1.807, 2.05) is 38.2 Å². The smallest absolute Gasteiger partial charge is 0.373 e. The highest BCUT2D eigenvalue weighted by Crippen LogP contribution is 2.75. The molecule has 16 aliphatic rings. The molecular formula is C101H134O16. The number of hydrogen-bond donors (Lipinski definition) is 0. The fraction of sp³-hybridized carbons (Fsp3) is 0.743. The first kappa shape index (κ1) is 90.3. The van der Waals surface area contributed by atoms with Gasteiger partial charge >= 0.3 is 36.2 Å². The summed E-state index contributed by atoms with van der Waals surface area (Å²) in [6, 6.07) is 0. The van der Waals surface area contributed by atoms with Gasteiger partial charge in [0.15, 0.2) is 23.1 Å². The second-order valence-corrected chi connectivity index (χ2v) is 40.3. The van der Waals surface area contributed by atoms with Crippen LogP contribution in [-0.2, 0) is 76.5 Å². The van der Waals surface area contributed by atoms with Gasteiger partial charge in [-0.15, -0.1) is 25.7 Å². The van der Waals surface area contributed by atoms with Crippen molar-refractivity contribution in [1.82, 2.24) is 0 Å². The minimum Gasteiger partial charge on any atom is -0.469 e. The lowest BCUT2D eigenvalue weighted by Gasteiger charge is -2.58. The lowest BCUT2D eigenvalue weighted by molar-refractivity contribution is -0.193. The number of carbonyl (C=O) groups excluding carboxylic acids is 12. The van der Waals surface area contributed by atoms with Crippen molar-refractivity contribution in [3.63, 3.8) is 0 Å². The number of fused-ring (bicyclic) bond motifs is 20. The molecule has 0 bridgehead atoms. The zero-order chi connectivity index (χ0) is 85.4. The van der Waals surface area contributed by atoms with Gasteiger partial charge in [-0.25, -0.2) is 0 Å². The lowest BCUT2D eigenvalue weighted by Crippen LogP contribution is -2.54. The molecule has 0 aromatic carbocycles. The molecule has 0 aromatic heterocycles. The van der Waals surface area contributed by atoms with Crippen LogP contribution in [0, 0.1) is 223 Å². The molecule has 634 valence electrons. The SMILES string of the molecule is C#C[C@@]1(C(=O)OC)CCC2C3C(CC[C@@]21C)C1CCC(=O)C=C1C[C@H]3C.C#C[C@@]1(C(C)C(=O)OC)CCC2C3C(CC[C@@]21C)C1CCC(=O)C=C1C[C@H]3C.C#C[C@@]1(C(CC)C(=O)OCC)CCC2C3C(CC[C@@]21C)C1CCC(=O)C=C1C[C@H]3C.C#C[C@@]1(CC(=O)OC)CCC2C3C(CC[C@@]21C)C1CCC(=O)C=C1C[C@H]3C.O=C=O.O=C=O. The van der Waals surface area contributed by atoms with E-state index < -0.39 is 16.2 Å². The van der Waals surface area contributed by atoms with Gasteiger partial charge < -0.3 is 18.9 Å². The second kappa shape index (κ2) is 35.7. The van der Waals surface area contributed by atoms with E-state index in [-0.39, 0.29) is 75.1 Å². The summed E-state index contributed by atoms with van der Waals surface area (Å²) in [6.45, 7) is 25.2. The maximum Gasteiger partial charge on any atom is 0.373 e. The van der Waals surface area contributed by atoms with Gasteiger partial charge in [0.25, 0.3) is 0 Å². The number of carbonyl (C=O) groups is 8. The monoisotopic (exact) mass is 1600 g/mol. The number of esters is 4. The van der Waals surface area contributed by atoms with Gasteiger partial charge in [0, 0.05) is 36.5 Å². The van der Waals surface area contributed by atoms with Crippen LogP contribution in [-0.4, -0.2) is 87.2 Å². The maximum atomic E-state index is 13.0. The number of methoxy groups -OCH3 is 3. The van der Waals surface area contributed by atoms with Crippen molar-refractivity contribution in [2.45, 2.75) is 269 Å². The van der Waals surface area contributed by atoms with Crippen molar-refractivity contribution < 1.29 is 76.5 Å². The van der Waals surface area contributed by atoms with E-state index in [0.717, 1.165) is 148 Å². The molecule has 0 saturated heterocycles. The number of terminal acetylenes is 4. The molecule has 16 heteroatoms. The Morgan fingerprint density at radius 2 is 0.769 bits per heavy atom. The molecule has 30 atom stereocenters. The Morgan fingerprint density at radius 3 is 1.11 bits per heavy atom. The zero-order valence-corrected chi connectivity index (χ0v) is 72.8. The molecular weight excluding hydrogens is 1470 g/mol. The quantitative estimate of drug-likeness (QED) is 0.118. The highest BCUT2D eigenvalue weighted by molar-refractivity contribution is 5.93. The minimum absolute atomic E-state index is 0.0110. The summed E-state index contributed by atoms with van der Waals surface area (Å²) in [6.07, 6.45) is 61.9. The van der Waals surface area contributed by atoms with Crippen LogP contribution >= 0.6 is 0 Å². The van der Waals surface area contributed by atoms with E-state index in [1.54, 1.807) is 0 Å². The molecule has 12 saturated carbocycles. The van der Waals surface area contributed by atoms with E-state index in [0.29, 0.717) is 180 Å². The summed E-state index contributed by atoms with van der Waals surface area (Å²) in [7, 11) is 4.39. The maximum absolute atomic E-state index is 13.0. The molecule has 18 unspecified atom stereocenters. The van der Waals surface area contributed by atoms with Crippen LogP contribution in [0.25, 0.3) is 0 Å². The van der Waals surface area contributed by atoms with Gasteiger partial charge in [-0.2, -0.15) is 19.2 Å². The van der Waals surface area contributed by atoms with Crippen LogP contribution in [0.2, 0.25) is 0 Å². The highest BCUT2D eigenvalue weighted by Gasteiger charge is 2.71. The molecule has 16 nitrogen and oxygen atoms in total. The topological polar surface area (TPSA) is 242 Å². The first-order valence-electron chi connectivity index (χ1n) is 44.9. The summed E-state index contributed by atoms with van der Waals surface area (Å²) in [5, 5.41) is 0. The van der Waals surface area contributed by atoms with Crippen LogP contribution < -0.4 is 0 Å². The number of rotatable bonds is 9. The van der Waals surface area contributed by atoms with E-state index in [1.165, 1.54) is 56.5 Å². The van der Waals surface area contributed by atoms with Crippen LogP contribution in [0.3, 0.4) is 0 Å². The van der Waals surface area contributed by atoms with Crippen molar-refractivity contribution in [3.8, 4) is 49.4 Å². The summed E-state index contributed by atoms with van der Waals surface area (Å²) in [5.74, 6) is 24.5. The van der Waals surface area contributed by atoms with Crippen molar-refractivity contribution >= 4 is 59.3 Å². The van der Waals surface area contributed by atoms with E-state index in [9.17, 15) is 38.4 Å². The van der Waals surface area contributed by atoms with Crippen molar-refractivity contribution in [2.75, 3.05) is 27.9 Å². The molecule has 0 spiro atoms. The first-order valence-corrected chi connectivity index (χ1v) is 44.9. The first-order chi connectivity index (χ1) is 55.7. The van der Waals surface area contributed by atoms with Gasteiger partial charge in [0.05, 0.1) is 51.6 Å². The Bertz CT molecular complexity index is 4210. The van der Waals surface area contributed by atoms with Crippen LogP contribution in [0.5, 0.6) is 0 Å². The Balaban J connectivity index is 0.000000150. The van der Waals surface area contributed by atoms with Gasteiger partial charge in [0.2, 0.25) is 0 Å². The normalized spacial score (nSPS) is 43.3. The average molecular weight is 1600 g/mol. The molecule has 12 fully saturated rings. The van der Waals surface area contributed by atoms with Gasteiger partial charge in [-0.1, -0.05) is 115 Å². The predicted octanol–water partition coefficient (Wildman–Crippen LogP) is 17.9. The third-order valence-corrected chi connectivity index (χ3v) is 36.8. The molecule has 16 rings (SSSR count). The van der Waals surface area contributed by atoms with Crippen molar-refractivity contribution in [2.24, 2.45) is 174 Å². The number of hydrogen-bond acceptors (Lipinski definition) is 16. The Labute approximate surface area is 698 Å². The van der Waals surface area contributed by atoms with E-state index in [4.69, 9.17) is 63.8 Å².